The molecule has 0 aliphatic heterocycles. The van der Waals surface area contributed by atoms with E-state index in [1.165, 1.54) is 11.1 Å². The van der Waals surface area contributed by atoms with E-state index < -0.39 is 0 Å². The van der Waals surface area contributed by atoms with Gasteiger partial charge >= 0.3 is 0 Å². The van der Waals surface area contributed by atoms with Gasteiger partial charge in [0.25, 0.3) is 5.56 Å². The summed E-state index contributed by atoms with van der Waals surface area (Å²) in [6.07, 6.45) is 0.846. The van der Waals surface area contributed by atoms with Gasteiger partial charge < -0.3 is 10.3 Å². The molecule has 0 spiro atoms. The molecule has 1 heterocycles. The van der Waals surface area contributed by atoms with Crippen molar-refractivity contribution in [2.75, 3.05) is 0 Å². The minimum atomic E-state index is -0.194. The number of nitrogens with one attached hydrogen (secondary N) is 1. The monoisotopic (exact) mass is 283 g/mol. The molecule has 1 aromatic carbocycles. The van der Waals surface area contributed by atoms with Gasteiger partial charge in [0.15, 0.2) is 0 Å². The van der Waals surface area contributed by atoms with Crippen LogP contribution < -0.4 is 11.3 Å². The van der Waals surface area contributed by atoms with Crippen LogP contribution in [0, 0.1) is 19.3 Å². The molecule has 4 heteroatoms. The van der Waals surface area contributed by atoms with Gasteiger partial charge in [-0.25, -0.2) is 0 Å². The smallest absolute Gasteiger partial charge is 0.262 e. The molecule has 0 atom stereocenters. The number of nitrogens with zero attached hydrogens (tertiary/aromatic N) is 1. The van der Waals surface area contributed by atoms with E-state index in [1.807, 2.05) is 19.1 Å². The Morgan fingerprint density at radius 2 is 1.90 bits per heavy atom. The quantitative estimate of drug-likeness (QED) is 0.669. The highest BCUT2D eigenvalue weighted by atomic mass is 16.1. The molecule has 0 saturated heterocycles. The van der Waals surface area contributed by atoms with Gasteiger partial charge in [0, 0.05) is 6.54 Å². The molecule has 0 aliphatic carbocycles. The van der Waals surface area contributed by atoms with Crippen molar-refractivity contribution >= 4 is 5.84 Å². The zero-order valence-electron chi connectivity index (χ0n) is 12.7. The fraction of sp³-hybridized carbons (Fsp3) is 0.294. The van der Waals surface area contributed by atoms with Crippen LogP contribution >= 0.6 is 0 Å². The van der Waals surface area contributed by atoms with Gasteiger partial charge in [-0.15, -0.1) is 0 Å². The first-order valence-electron chi connectivity index (χ1n) is 7.11. The van der Waals surface area contributed by atoms with E-state index in [1.54, 1.807) is 10.6 Å². The predicted octanol–water partition coefficient (Wildman–Crippen LogP) is 2.83. The number of nitrogen functional groups attached to an aromatic ring is 1. The molecule has 0 radical (unpaired) electrons. The Labute approximate surface area is 124 Å². The number of nitrogens with two attached hydrogens (primary N) is 1. The standard InChI is InChI=1S/C17H21N3O/c1-4-9-20-15(8-7-14(16(18)19)17(20)21)13-6-5-11(2)12(3)10-13/h5-8,10H,4,9H2,1-3H3,(H3,18,19). The van der Waals surface area contributed by atoms with Crippen molar-refractivity contribution in [3.05, 3.63) is 57.4 Å². The summed E-state index contributed by atoms with van der Waals surface area (Å²) in [4.78, 5) is 12.5. The Hall–Kier alpha value is -2.36. The average Bonchev–Trinajstić information content (AvgIpc) is 2.44. The summed E-state index contributed by atoms with van der Waals surface area (Å²) >= 11 is 0. The van der Waals surface area contributed by atoms with Gasteiger partial charge in [-0.05, 0) is 55.2 Å². The van der Waals surface area contributed by atoms with Crippen LogP contribution in [0.2, 0.25) is 0 Å². The van der Waals surface area contributed by atoms with Gasteiger partial charge in [0.2, 0.25) is 0 Å². The molecule has 3 N–H and O–H groups in total. The van der Waals surface area contributed by atoms with Gasteiger partial charge in [-0.3, -0.25) is 10.2 Å². The number of benzene rings is 1. The van der Waals surface area contributed by atoms with Crippen LogP contribution in [0.5, 0.6) is 0 Å². The fourth-order valence-electron chi connectivity index (χ4n) is 2.38. The number of pyridine rings is 1. The lowest BCUT2D eigenvalue weighted by molar-refractivity contribution is 0.660. The molecule has 0 amide bonds. The highest BCUT2D eigenvalue weighted by Crippen LogP contribution is 2.21. The van der Waals surface area contributed by atoms with Crippen molar-refractivity contribution in [1.82, 2.24) is 4.57 Å². The zero-order valence-corrected chi connectivity index (χ0v) is 12.7. The topological polar surface area (TPSA) is 71.9 Å². The predicted molar refractivity (Wildman–Crippen MR) is 86.9 cm³/mol. The van der Waals surface area contributed by atoms with Crippen LogP contribution in [-0.2, 0) is 6.54 Å². The zero-order chi connectivity index (χ0) is 15.6. The largest absolute Gasteiger partial charge is 0.384 e. The van der Waals surface area contributed by atoms with Gasteiger partial charge in [-0.2, -0.15) is 0 Å². The molecule has 4 nitrogen and oxygen atoms in total. The van der Waals surface area contributed by atoms with Gasteiger partial charge in [0.1, 0.15) is 5.84 Å². The summed E-state index contributed by atoms with van der Waals surface area (Å²) in [5, 5.41) is 7.51. The molecule has 110 valence electrons. The van der Waals surface area contributed by atoms with E-state index in [0.29, 0.717) is 6.54 Å². The molecule has 0 unspecified atom stereocenters. The van der Waals surface area contributed by atoms with E-state index >= 15 is 0 Å². The lowest BCUT2D eigenvalue weighted by Gasteiger charge is -2.15. The normalized spacial score (nSPS) is 10.6. The number of hydrogen-bond donors (Lipinski definition) is 2. The summed E-state index contributed by atoms with van der Waals surface area (Å²) in [7, 11) is 0. The average molecular weight is 283 g/mol. The summed E-state index contributed by atoms with van der Waals surface area (Å²) in [5.41, 5.74) is 9.85. The van der Waals surface area contributed by atoms with Crippen LogP contribution in [0.3, 0.4) is 0 Å². The Bertz CT molecular complexity index is 744. The van der Waals surface area contributed by atoms with Crippen LogP contribution in [0.1, 0.15) is 30.0 Å². The second-order valence-corrected chi connectivity index (χ2v) is 5.30. The Morgan fingerprint density at radius 3 is 2.48 bits per heavy atom. The van der Waals surface area contributed by atoms with E-state index in [0.717, 1.165) is 17.7 Å². The number of hydrogen-bond acceptors (Lipinski definition) is 2. The lowest BCUT2D eigenvalue weighted by Crippen LogP contribution is -2.30. The van der Waals surface area contributed by atoms with Crippen LogP contribution in [0.15, 0.2) is 35.1 Å². The van der Waals surface area contributed by atoms with Crippen LogP contribution in [0.25, 0.3) is 11.3 Å². The van der Waals surface area contributed by atoms with Crippen molar-refractivity contribution in [3.8, 4) is 11.3 Å². The van der Waals surface area contributed by atoms with Gasteiger partial charge in [-0.1, -0.05) is 19.1 Å². The lowest BCUT2D eigenvalue weighted by atomic mass is 10.0. The minimum Gasteiger partial charge on any atom is -0.384 e. The number of aryl methyl sites for hydroxylation is 2. The Kier molecular flexibility index (Phi) is 4.26. The van der Waals surface area contributed by atoms with E-state index in [2.05, 4.69) is 26.0 Å². The molecule has 0 bridgehead atoms. The maximum absolute atomic E-state index is 12.5. The third-order valence-electron chi connectivity index (χ3n) is 3.71. The molecule has 1 aromatic heterocycles. The van der Waals surface area contributed by atoms with Gasteiger partial charge in [0.05, 0.1) is 11.3 Å². The summed E-state index contributed by atoms with van der Waals surface area (Å²) in [5.74, 6) is -0.184. The van der Waals surface area contributed by atoms with Crippen LogP contribution in [0.4, 0.5) is 0 Å². The highest BCUT2D eigenvalue weighted by molar-refractivity contribution is 5.94. The van der Waals surface area contributed by atoms with E-state index in [4.69, 9.17) is 11.1 Å². The molecular formula is C17H21N3O. The van der Waals surface area contributed by atoms with Crippen molar-refractivity contribution in [2.24, 2.45) is 5.73 Å². The third kappa shape index (κ3) is 2.89. The maximum Gasteiger partial charge on any atom is 0.262 e. The van der Waals surface area contributed by atoms with Crippen molar-refractivity contribution in [2.45, 2.75) is 33.7 Å². The molecular weight excluding hydrogens is 262 g/mol. The molecule has 2 aromatic rings. The number of rotatable bonds is 4. The molecule has 0 fully saturated rings. The Balaban J connectivity index is 2.68. The molecule has 2 rings (SSSR count). The summed E-state index contributed by atoms with van der Waals surface area (Å²) in [6, 6.07) is 9.68. The third-order valence-corrected chi connectivity index (χ3v) is 3.71. The number of amidine groups is 1. The van der Waals surface area contributed by atoms with Crippen molar-refractivity contribution < 1.29 is 0 Å². The SMILES string of the molecule is CCCn1c(-c2ccc(C)c(C)c2)ccc(C(=N)N)c1=O. The maximum atomic E-state index is 12.5. The highest BCUT2D eigenvalue weighted by Gasteiger charge is 2.12. The fourth-order valence-corrected chi connectivity index (χ4v) is 2.38. The summed E-state index contributed by atoms with van der Waals surface area (Å²) < 4.78 is 1.71. The molecule has 0 saturated carbocycles. The Morgan fingerprint density at radius 1 is 1.19 bits per heavy atom. The first-order valence-corrected chi connectivity index (χ1v) is 7.11. The van der Waals surface area contributed by atoms with E-state index in [9.17, 15) is 4.79 Å². The first-order chi connectivity index (χ1) is 9.95. The van der Waals surface area contributed by atoms with Crippen LogP contribution in [-0.4, -0.2) is 10.4 Å². The minimum absolute atomic E-state index is 0.184. The van der Waals surface area contributed by atoms with Crippen molar-refractivity contribution in [3.63, 3.8) is 0 Å². The second kappa shape index (κ2) is 5.95. The second-order valence-electron chi connectivity index (χ2n) is 5.30. The number of aromatic nitrogens is 1. The van der Waals surface area contributed by atoms with E-state index in [-0.39, 0.29) is 17.0 Å². The molecule has 21 heavy (non-hydrogen) atoms. The van der Waals surface area contributed by atoms with Crippen molar-refractivity contribution in [1.29, 1.82) is 5.41 Å². The first kappa shape index (κ1) is 15.0. The molecule has 0 aliphatic rings. The summed E-state index contributed by atoms with van der Waals surface area (Å²) in [6.45, 7) is 6.77.